The highest BCUT2D eigenvalue weighted by molar-refractivity contribution is 7.99. The summed E-state index contributed by atoms with van der Waals surface area (Å²) in [6.07, 6.45) is 1.81. The van der Waals surface area contributed by atoms with Crippen molar-refractivity contribution in [2.75, 3.05) is 12.0 Å². The van der Waals surface area contributed by atoms with E-state index in [0.717, 1.165) is 16.3 Å². The molecule has 9 heteroatoms. The molecule has 2 heterocycles. The van der Waals surface area contributed by atoms with Gasteiger partial charge in [-0.25, -0.2) is 9.97 Å². The molecule has 1 aromatic carbocycles. The lowest BCUT2D eigenvalue weighted by molar-refractivity contribution is 1.06. The molecule has 0 aliphatic heterocycles. The smallest absolute Gasteiger partial charge is 0.143 e. The molecule has 0 amide bonds. The van der Waals surface area contributed by atoms with Gasteiger partial charge in [-0.15, -0.1) is 23.1 Å². The summed E-state index contributed by atoms with van der Waals surface area (Å²) >= 11 is 10.2. The lowest BCUT2D eigenvalue weighted by Crippen LogP contribution is -2.02. The Morgan fingerprint density at radius 3 is 2.48 bits per heavy atom. The highest BCUT2D eigenvalue weighted by Gasteiger charge is 2.18. The minimum Gasteiger partial charge on any atom is -0.383 e. The van der Waals surface area contributed by atoms with Gasteiger partial charge in [-0.3, -0.25) is 0 Å². The molecule has 2 N–H and O–H groups in total. The van der Waals surface area contributed by atoms with E-state index < -0.39 is 0 Å². The third-order valence-corrected chi connectivity index (χ3v) is 6.59. The number of nitrogens with zero attached hydrogens (tertiary/aromatic N) is 4. The van der Waals surface area contributed by atoms with E-state index in [1.807, 2.05) is 42.0 Å². The lowest BCUT2D eigenvalue weighted by atomic mass is 10.2. The zero-order chi connectivity index (χ0) is 19.4. The third-order valence-electron chi connectivity index (χ3n) is 3.57. The first-order valence-corrected chi connectivity index (χ1v) is 11.0. The van der Waals surface area contributed by atoms with Crippen LogP contribution >= 0.6 is 46.5 Å². The van der Waals surface area contributed by atoms with Crippen LogP contribution in [0.15, 0.2) is 39.6 Å². The average Bonchev–Trinajstić information content (AvgIpc) is 3.15. The molecule has 0 radical (unpaired) electrons. The zero-order valence-corrected chi connectivity index (χ0v) is 17.3. The number of anilines is 1. The fraction of sp³-hybridized carbons (Fsp3) is 0.111. The van der Waals surface area contributed by atoms with E-state index in [9.17, 15) is 10.5 Å². The van der Waals surface area contributed by atoms with E-state index in [2.05, 4.69) is 16.0 Å². The van der Waals surface area contributed by atoms with Gasteiger partial charge in [-0.05, 0) is 18.4 Å². The Bertz CT molecular complexity index is 1060. The molecule has 3 rings (SSSR count). The van der Waals surface area contributed by atoms with Gasteiger partial charge in [0.2, 0.25) is 0 Å². The SMILES string of the molecule is CSc1c(C#N)c(N)nc(SCc2csc(-c3ccc(Cl)cc3)n2)c1C#N. The monoisotopic (exact) mass is 429 g/mol. The van der Waals surface area contributed by atoms with Gasteiger partial charge in [-0.2, -0.15) is 10.5 Å². The molecule has 0 aliphatic rings. The van der Waals surface area contributed by atoms with Crippen LogP contribution in [0.5, 0.6) is 0 Å². The summed E-state index contributed by atoms with van der Waals surface area (Å²) in [4.78, 5) is 9.46. The number of hydrogen-bond acceptors (Lipinski definition) is 8. The lowest BCUT2D eigenvalue weighted by Gasteiger charge is -2.10. The van der Waals surface area contributed by atoms with Gasteiger partial charge >= 0.3 is 0 Å². The second kappa shape index (κ2) is 8.64. The highest BCUT2D eigenvalue weighted by Crippen LogP contribution is 2.35. The predicted octanol–water partition coefficient (Wildman–Crippen LogP) is 5.20. The summed E-state index contributed by atoms with van der Waals surface area (Å²) < 4.78 is 0. The number of thiazole rings is 1. The van der Waals surface area contributed by atoms with Crippen LogP contribution in [0.4, 0.5) is 5.82 Å². The molecule has 0 fully saturated rings. The van der Waals surface area contributed by atoms with Gasteiger partial charge in [-0.1, -0.05) is 35.5 Å². The molecule has 0 saturated heterocycles. The molecule has 27 heavy (non-hydrogen) atoms. The summed E-state index contributed by atoms with van der Waals surface area (Å²) in [6, 6.07) is 11.7. The van der Waals surface area contributed by atoms with Gasteiger partial charge in [0.1, 0.15) is 33.6 Å². The maximum absolute atomic E-state index is 9.52. The van der Waals surface area contributed by atoms with E-state index >= 15 is 0 Å². The van der Waals surface area contributed by atoms with E-state index in [4.69, 9.17) is 17.3 Å². The van der Waals surface area contributed by atoms with Crippen LogP contribution in [-0.2, 0) is 5.75 Å². The summed E-state index contributed by atoms with van der Waals surface area (Å²) in [7, 11) is 0. The second-order valence-electron chi connectivity index (χ2n) is 5.25. The molecular weight excluding hydrogens is 418 g/mol. The molecule has 5 nitrogen and oxygen atoms in total. The Labute approximate surface area is 174 Å². The standard InChI is InChI=1S/C18H12ClN5S3/c1-25-15-13(6-20)16(22)24-18(14(15)7-21)27-9-12-8-26-17(23-12)10-2-4-11(19)5-3-10/h2-5,8H,9H2,1H3,(H2,22,24). The van der Waals surface area contributed by atoms with E-state index in [1.165, 1.54) is 23.5 Å². The summed E-state index contributed by atoms with van der Waals surface area (Å²) in [5.41, 5.74) is 8.42. The van der Waals surface area contributed by atoms with E-state index in [1.54, 1.807) is 11.3 Å². The van der Waals surface area contributed by atoms with Gasteiger partial charge < -0.3 is 5.73 Å². The normalized spacial score (nSPS) is 10.4. The van der Waals surface area contributed by atoms with Gasteiger partial charge in [0.05, 0.1) is 11.3 Å². The van der Waals surface area contributed by atoms with Crippen LogP contribution in [0.1, 0.15) is 16.8 Å². The Hall–Kier alpha value is -2.23. The zero-order valence-electron chi connectivity index (χ0n) is 14.1. The first-order chi connectivity index (χ1) is 13.1. The minimum atomic E-state index is 0.142. The Balaban J connectivity index is 1.84. The van der Waals surface area contributed by atoms with Crippen molar-refractivity contribution >= 4 is 52.3 Å². The Morgan fingerprint density at radius 1 is 1.15 bits per heavy atom. The molecule has 3 aromatic rings. The van der Waals surface area contributed by atoms with Gasteiger partial charge in [0, 0.05) is 26.6 Å². The minimum absolute atomic E-state index is 0.142. The third kappa shape index (κ3) is 4.20. The first kappa shape index (κ1) is 19.5. The van der Waals surface area contributed by atoms with Crippen molar-refractivity contribution in [3.05, 3.63) is 51.5 Å². The number of nitrogen functional groups attached to an aromatic ring is 1. The van der Waals surface area contributed by atoms with Crippen molar-refractivity contribution in [3.8, 4) is 22.7 Å². The second-order valence-corrected chi connectivity index (χ2v) is 8.32. The molecule has 0 aliphatic carbocycles. The highest BCUT2D eigenvalue weighted by atomic mass is 35.5. The predicted molar refractivity (Wildman–Crippen MR) is 112 cm³/mol. The number of nitrogens with two attached hydrogens (primary N) is 1. The average molecular weight is 430 g/mol. The van der Waals surface area contributed by atoms with Crippen molar-refractivity contribution in [2.45, 2.75) is 15.7 Å². The number of pyridine rings is 1. The summed E-state index contributed by atoms with van der Waals surface area (Å²) in [5.74, 6) is 0.689. The summed E-state index contributed by atoms with van der Waals surface area (Å²) in [6.45, 7) is 0. The van der Waals surface area contributed by atoms with Crippen molar-refractivity contribution in [1.82, 2.24) is 9.97 Å². The number of aromatic nitrogens is 2. The van der Waals surface area contributed by atoms with Crippen molar-refractivity contribution in [2.24, 2.45) is 0 Å². The van der Waals surface area contributed by atoms with Crippen LogP contribution in [0.2, 0.25) is 5.02 Å². The molecule has 2 aromatic heterocycles. The molecule has 0 spiro atoms. The maximum Gasteiger partial charge on any atom is 0.143 e. The van der Waals surface area contributed by atoms with E-state index in [-0.39, 0.29) is 11.4 Å². The Kier molecular flexibility index (Phi) is 6.25. The molecule has 134 valence electrons. The van der Waals surface area contributed by atoms with Gasteiger partial charge in [0.25, 0.3) is 0 Å². The summed E-state index contributed by atoms with van der Waals surface area (Å²) in [5, 5.41) is 22.9. The topological polar surface area (TPSA) is 99.4 Å². The molecule has 0 saturated carbocycles. The van der Waals surface area contributed by atoms with Crippen LogP contribution < -0.4 is 5.73 Å². The van der Waals surface area contributed by atoms with Crippen LogP contribution in [0.25, 0.3) is 10.6 Å². The quantitative estimate of drug-likeness (QED) is 0.556. The molecule has 0 bridgehead atoms. The molecule has 0 atom stereocenters. The molecule has 0 unspecified atom stereocenters. The van der Waals surface area contributed by atoms with Crippen LogP contribution in [-0.4, -0.2) is 16.2 Å². The Morgan fingerprint density at radius 2 is 1.85 bits per heavy atom. The number of hydrogen-bond donors (Lipinski definition) is 1. The number of halogens is 1. The number of benzene rings is 1. The number of nitriles is 2. The van der Waals surface area contributed by atoms with E-state index in [0.29, 0.717) is 26.3 Å². The van der Waals surface area contributed by atoms with Crippen molar-refractivity contribution in [3.63, 3.8) is 0 Å². The maximum atomic E-state index is 9.52. The fourth-order valence-electron chi connectivity index (χ4n) is 2.32. The fourth-order valence-corrected chi connectivity index (χ4v) is 5.03. The van der Waals surface area contributed by atoms with Crippen molar-refractivity contribution < 1.29 is 0 Å². The van der Waals surface area contributed by atoms with Crippen LogP contribution in [0, 0.1) is 22.7 Å². The number of thioether (sulfide) groups is 2. The van der Waals surface area contributed by atoms with Crippen LogP contribution in [0.3, 0.4) is 0 Å². The van der Waals surface area contributed by atoms with Gasteiger partial charge in [0.15, 0.2) is 0 Å². The first-order valence-electron chi connectivity index (χ1n) is 7.58. The largest absolute Gasteiger partial charge is 0.383 e. The number of rotatable bonds is 5. The van der Waals surface area contributed by atoms with Crippen molar-refractivity contribution in [1.29, 1.82) is 10.5 Å². The molecular formula is C18H12ClN5S3.